The molecule has 0 radical (unpaired) electrons. The Hall–Kier alpha value is -3.76. The number of carbonyl (C=O) groups is 2. The molecule has 0 bridgehead atoms. The van der Waals surface area contributed by atoms with Crippen molar-refractivity contribution in [1.29, 1.82) is 0 Å². The minimum absolute atomic E-state index is 0.157. The number of nitrogens with one attached hydrogen (secondary N) is 1. The van der Waals surface area contributed by atoms with Gasteiger partial charge in [0.2, 0.25) is 0 Å². The van der Waals surface area contributed by atoms with Gasteiger partial charge in [0, 0.05) is 18.3 Å². The van der Waals surface area contributed by atoms with Crippen molar-refractivity contribution in [2.75, 3.05) is 0 Å². The van der Waals surface area contributed by atoms with Crippen molar-refractivity contribution in [3.8, 4) is 0 Å². The highest BCUT2D eigenvalue weighted by Gasteiger charge is 2.20. The number of imide groups is 1. The topological polar surface area (TPSA) is 158 Å². The largest absolute Gasteiger partial charge is 0.288 e. The molecule has 2 aromatic heterocycles. The molecule has 0 saturated heterocycles. The van der Waals surface area contributed by atoms with Crippen LogP contribution in [0.1, 0.15) is 26.4 Å². The SMILES string of the molecule is Cc1ncc([N+](=O)[O-])cc1C(=O)NC(=O)c1cncc([N+](=O)[O-])c1. The molecule has 0 aliphatic carbocycles. The first-order chi connectivity index (χ1) is 11.3. The lowest BCUT2D eigenvalue weighted by Gasteiger charge is -2.06. The minimum Gasteiger partial charge on any atom is -0.288 e. The van der Waals surface area contributed by atoms with Gasteiger partial charge >= 0.3 is 0 Å². The number of nitro groups is 2. The molecule has 24 heavy (non-hydrogen) atoms. The number of hydrogen-bond acceptors (Lipinski definition) is 8. The van der Waals surface area contributed by atoms with E-state index in [9.17, 15) is 29.8 Å². The average molecular weight is 331 g/mol. The van der Waals surface area contributed by atoms with Crippen molar-refractivity contribution in [2.24, 2.45) is 0 Å². The Morgan fingerprint density at radius 2 is 1.62 bits per heavy atom. The third kappa shape index (κ3) is 3.52. The zero-order valence-corrected chi connectivity index (χ0v) is 12.1. The molecule has 2 amide bonds. The van der Waals surface area contributed by atoms with Gasteiger partial charge in [-0.05, 0) is 6.92 Å². The van der Waals surface area contributed by atoms with Crippen LogP contribution in [0, 0.1) is 27.2 Å². The summed E-state index contributed by atoms with van der Waals surface area (Å²) in [5, 5.41) is 23.4. The Balaban J connectivity index is 2.25. The van der Waals surface area contributed by atoms with Crippen molar-refractivity contribution in [2.45, 2.75) is 6.92 Å². The molecule has 11 heteroatoms. The van der Waals surface area contributed by atoms with E-state index in [0.717, 1.165) is 30.7 Å². The second kappa shape index (κ2) is 6.56. The molecule has 0 unspecified atom stereocenters. The van der Waals surface area contributed by atoms with Gasteiger partial charge in [-0.2, -0.15) is 0 Å². The smallest absolute Gasteiger partial charge is 0.288 e. The summed E-state index contributed by atoms with van der Waals surface area (Å²) in [7, 11) is 0. The normalized spacial score (nSPS) is 10.0. The van der Waals surface area contributed by atoms with Gasteiger partial charge in [-0.25, -0.2) is 0 Å². The molecule has 2 rings (SSSR count). The molecule has 1 N–H and O–H groups in total. The van der Waals surface area contributed by atoms with E-state index in [-0.39, 0.29) is 16.8 Å². The predicted molar refractivity (Wildman–Crippen MR) is 78.3 cm³/mol. The summed E-state index contributed by atoms with van der Waals surface area (Å²) < 4.78 is 0. The Labute approximate surface area is 133 Å². The van der Waals surface area contributed by atoms with Gasteiger partial charge in [0.15, 0.2) is 0 Å². The molecule has 0 saturated carbocycles. The molecule has 122 valence electrons. The van der Waals surface area contributed by atoms with Crippen LogP contribution >= 0.6 is 0 Å². The highest BCUT2D eigenvalue weighted by Crippen LogP contribution is 2.15. The zero-order chi connectivity index (χ0) is 17.9. The van der Waals surface area contributed by atoms with E-state index in [4.69, 9.17) is 0 Å². The molecule has 2 heterocycles. The number of amides is 2. The molecule has 2 aromatic rings. The summed E-state index contributed by atoms with van der Waals surface area (Å²) in [4.78, 5) is 51.3. The highest BCUT2D eigenvalue weighted by atomic mass is 16.6. The van der Waals surface area contributed by atoms with E-state index in [0.29, 0.717) is 0 Å². The van der Waals surface area contributed by atoms with Crippen LogP contribution in [0.3, 0.4) is 0 Å². The second-order valence-electron chi connectivity index (χ2n) is 4.56. The van der Waals surface area contributed by atoms with E-state index in [1.807, 2.05) is 5.32 Å². The van der Waals surface area contributed by atoms with Crippen molar-refractivity contribution in [3.63, 3.8) is 0 Å². The lowest BCUT2D eigenvalue weighted by Crippen LogP contribution is -2.31. The maximum absolute atomic E-state index is 12.1. The fourth-order valence-corrected chi connectivity index (χ4v) is 1.75. The van der Waals surface area contributed by atoms with Gasteiger partial charge in [0.05, 0.1) is 26.7 Å². The molecule has 0 aliphatic rings. The molecular formula is C13H9N5O6. The molecule has 0 aromatic carbocycles. The Morgan fingerprint density at radius 1 is 1.00 bits per heavy atom. The fourth-order valence-electron chi connectivity index (χ4n) is 1.75. The van der Waals surface area contributed by atoms with E-state index < -0.39 is 33.0 Å². The first-order valence-corrected chi connectivity index (χ1v) is 6.35. The number of pyridine rings is 2. The van der Waals surface area contributed by atoms with Crippen LogP contribution < -0.4 is 5.32 Å². The van der Waals surface area contributed by atoms with E-state index in [2.05, 4.69) is 9.97 Å². The summed E-state index contributed by atoms with van der Waals surface area (Å²) in [6.45, 7) is 1.44. The van der Waals surface area contributed by atoms with Crippen molar-refractivity contribution < 1.29 is 19.4 Å². The molecule has 0 spiro atoms. The van der Waals surface area contributed by atoms with Crippen molar-refractivity contribution in [1.82, 2.24) is 15.3 Å². The lowest BCUT2D eigenvalue weighted by molar-refractivity contribution is -0.385. The van der Waals surface area contributed by atoms with Crippen LogP contribution in [-0.2, 0) is 0 Å². The molecule has 0 aliphatic heterocycles. The first kappa shape index (κ1) is 16.6. The summed E-state index contributed by atoms with van der Waals surface area (Å²) in [5.74, 6) is -1.85. The molecule has 0 atom stereocenters. The average Bonchev–Trinajstić information content (AvgIpc) is 2.54. The van der Waals surface area contributed by atoms with Gasteiger partial charge in [0.1, 0.15) is 12.4 Å². The third-order valence-electron chi connectivity index (χ3n) is 2.95. The number of aryl methyl sites for hydroxylation is 1. The summed E-state index contributed by atoms with van der Waals surface area (Å²) in [6.07, 6.45) is 2.99. The van der Waals surface area contributed by atoms with Crippen LogP contribution in [0.4, 0.5) is 11.4 Å². The van der Waals surface area contributed by atoms with Gasteiger partial charge in [-0.1, -0.05) is 0 Å². The van der Waals surface area contributed by atoms with Crippen LogP contribution in [0.5, 0.6) is 0 Å². The first-order valence-electron chi connectivity index (χ1n) is 6.35. The Bertz CT molecular complexity index is 866. The summed E-state index contributed by atoms with van der Waals surface area (Å²) in [6, 6.07) is 1.94. The predicted octanol–water partition coefficient (Wildman–Crippen LogP) is 1.17. The van der Waals surface area contributed by atoms with Gasteiger partial charge in [-0.3, -0.25) is 45.1 Å². The standard InChI is InChI=1S/C13H9N5O6/c1-7-11(3-10(6-15-7)18(23)24)13(20)16-12(19)8-2-9(17(21)22)5-14-4-8/h2-6H,1H3,(H,16,19,20). The summed E-state index contributed by atoms with van der Waals surface area (Å²) in [5.41, 5.74) is -0.994. The van der Waals surface area contributed by atoms with Gasteiger partial charge < -0.3 is 0 Å². The molecular weight excluding hydrogens is 322 g/mol. The van der Waals surface area contributed by atoms with Gasteiger partial charge in [-0.15, -0.1) is 0 Å². The lowest BCUT2D eigenvalue weighted by atomic mass is 10.1. The van der Waals surface area contributed by atoms with Crippen molar-refractivity contribution in [3.05, 3.63) is 67.8 Å². The summed E-state index contributed by atoms with van der Waals surface area (Å²) >= 11 is 0. The third-order valence-corrected chi connectivity index (χ3v) is 2.95. The second-order valence-corrected chi connectivity index (χ2v) is 4.56. The zero-order valence-electron chi connectivity index (χ0n) is 12.1. The van der Waals surface area contributed by atoms with Crippen LogP contribution in [0.15, 0.2) is 30.7 Å². The van der Waals surface area contributed by atoms with E-state index in [1.165, 1.54) is 6.92 Å². The van der Waals surface area contributed by atoms with Crippen LogP contribution in [0.25, 0.3) is 0 Å². The maximum Gasteiger partial charge on any atom is 0.288 e. The molecule has 0 fully saturated rings. The number of nitrogens with zero attached hydrogens (tertiary/aromatic N) is 4. The number of carbonyl (C=O) groups excluding carboxylic acids is 2. The van der Waals surface area contributed by atoms with Crippen molar-refractivity contribution >= 4 is 23.2 Å². The minimum atomic E-state index is -0.929. The maximum atomic E-state index is 12.1. The van der Waals surface area contributed by atoms with Gasteiger partial charge in [0.25, 0.3) is 23.2 Å². The number of rotatable bonds is 4. The van der Waals surface area contributed by atoms with Crippen LogP contribution in [-0.4, -0.2) is 31.6 Å². The highest BCUT2D eigenvalue weighted by molar-refractivity contribution is 6.10. The van der Waals surface area contributed by atoms with Crippen LogP contribution in [0.2, 0.25) is 0 Å². The van der Waals surface area contributed by atoms with E-state index >= 15 is 0 Å². The number of aromatic nitrogens is 2. The van der Waals surface area contributed by atoms with E-state index in [1.54, 1.807) is 0 Å². The quantitative estimate of drug-likeness (QED) is 0.496. The Kier molecular flexibility index (Phi) is 4.54. The number of hydrogen-bond donors (Lipinski definition) is 1. The fraction of sp³-hybridized carbons (Fsp3) is 0.0769. The molecule has 11 nitrogen and oxygen atoms in total. The monoisotopic (exact) mass is 331 g/mol. The Morgan fingerprint density at radius 3 is 2.25 bits per heavy atom.